The lowest BCUT2D eigenvalue weighted by atomic mass is 9.92. The predicted octanol–water partition coefficient (Wildman–Crippen LogP) is 1.61. The van der Waals surface area contributed by atoms with Gasteiger partial charge in [-0.15, -0.1) is 0 Å². The molecule has 4 atom stereocenters. The van der Waals surface area contributed by atoms with Crippen molar-refractivity contribution in [3.05, 3.63) is 71.4 Å². The van der Waals surface area contributed by atoms with Crippen molar-refractivity contribution in [2.24, 2.45) is 5.92 Å². The first kappa shape index (κ1) is 68.6. The van der Waals surface area contributed by atoms with E-state index in [1.807, 2.05) is 19.1 Å². The molecule has 0 radical (unpaired) electrons. The number of aliphatic hydroxyl groups excluding tert-OH is 1. The van der Waals surface area contributed by atoms with Crippen molar-refractivity contribution in [3.8, 4) is 11.8 Å². The number of alkyl halides is 2. The fourth-order valence-corrected chi connectivity index (χ4v) is 11.0. The molecule has 0 spiro atoms. The monoisotopic (exact) mass is 1220 g/mol. The Hall–Kier alpha value is -7.48. The van der Waals surface area contributed by atoms with Crippen LogP contribution < -0.4 is 26.0 Å². The van der Waals surface area contributed by atoms with Gasteiger partial charge in [0.15, 0.2) is 0 Å². The second-order valence-corrected chi connectivity index (χ2v) is 22.8. The first-order valence-electron chi connectivity index (χ1n) is 29.8. The highest BCUT2D eigenvalue weighted by Gasteiger charge is 2.47. The summed E-state index contributed by atoms with van der Waals surface area (Å²) in [5.41, 5.74) is 3.00. The Kier molecular flexibility index (Phi) is 27.0. The van der Waals surface area contributed by atoms with Gasteiger partial charge in [0.25, 0.3) is 11.8 Å². The molecule has 25 nitrogen and oxygen atoms in total. The van der Waals surface area contributed by atoms with Crippen LogP contribution >= 0.6 is 0 Å². The highest BCUT2D eigenvalue weighted by molar-refractivity contribution is 6.07. The molecule has 476 valence electrons. The number of aliphatic hydroxyl groups is 1. The summed E-state index contributed by atoms with van der Waals surface area (Å²) in [6.07, 6.45) is 5.26. The second-order valence-electron chi connectivity index (χ2n) is 22.8. The van der Waals surface area contributed by atoms with Crippen molar-refractivity contribution >= 4 is 58.3 Å². The number of carbonyl (C=O) groups is 8. The topological polar surface area (TPSA) is 331 Å². The fourth-order valence-electron chi connectivity index (χ4n) is 11.0. The molecule has 3 aliphatic heterocycles. The number of likely N-dealkylation sites (tertiary alicyclic amines) is 2. The number of hydrogen-bond acceptors (Lipinski definition) is 17. The van der Waals surface area contributed by atoms with E-state index in [1.54, 1.807) is 55.7 Å². The van der Waals surface area contributed by atoms with Crippen LogP contribution in [-0.4, -0.2) is 250 Å². The number of nitriles is 1. The molecule has 27 heteroatoms. The van der Waals surface area contributed by atoms with Crippen molar-refractivity contribution in [2.75, 3.05) is 118 Å². The van der Waals surface area contributed by atoms with Crippen molar-refractivity contribution in [2.45, 2.75) is 108 Å². The average Bonchev–Trinajstić information content (AvgIpc) is 2.44. The van der Waals surface area contributed by atoms with Crippen LogP contribution in [0, 0.1) is 24.2 Å². The zero-order valence-electron chi connectivity index (χ0n) is 49.7. The van der Waals surface area contributed by atoms with Gasteiger partial charge in [0.1, 0.15) is 30.1 Å². The van der Waals surface area contributed by atoms with E-state index in [0.717, 1.165) is 35.3 Å². The number of nitrogens with one attached hydrogen (secondary N) is 4. The maximum atomic E-state index is 14.2. The van der Waals surface area contributed by atoms with Gasteiger partial charge in [-0.2, -0.15) is 5.26 Å². The molecule has 8 N–H and O–H groups in total. The first-order valence-corrected chi connectivity index (χ1v) is 29.8. The summed E-state index contributed by atoms with van der Waals surface area (Å²) in [5, 5.41) is 60.6. The highest BCUT2D eigenvalue weighted by Crippen LogP contribution is 2.32. The maximum absolute atomic E-state index is 14.2. The molecule has 1 aromatic heterocycles. The predicted molar refractivity (Wildman–Crippen MR) is 314 cm³/mol. The smallest absolute Gasteiger partial charge is 0.317 e. The molecule has 0 bridgehead atoms. The number of carboxylic acid groups (broad SMARTS) is 3. The molecule has 4 heterocycles. The number of ether oxygens (including phenoxy) is 1. The summed E-state index contributed by atoms with van der Waals surface area (Å²) in [6.45, 7) is 4.01. The standard InChI is InChI=1S/C60H84F2N12O13/c1-41-10-12-43(13-11-41)6-3-9-51(75)65-19-4-8-50(68-52(76)36-69-23-25-70(37-54(78)79)27-29-72(39-56(82)83)30-28-71(26-24-69)38-55(80)81)58(85)67-42(2)59(86)73-21-17-44(18-22-73)7-5-31-87-46-14-15-49-48(32-46)47(16-20-64-49)57(84)66-35-53(77)74-40-60(61,62)33-45(74)34-63/h10-16,20,32,42,44-45,50-51,65,75H,3-9,17-19,21-31,33,35-40H2,1-2H3,(H,66,84)(H,67,85)(H,68,76)(H,78,79)(H,80,81)(H,82,83)/t42-,45+,50-,51?/m0/s1. The largest absolute Gasteiger partial charge is 0.494 e. The molecule has 1 unspecified atom stereocenters. The van der Waals surface area contributed by atoms with Gasteiger partial charge in [-0.1, -0.05) is 29.8 Å². The fraction of sp³-hybridized carbons (Fsp3) is 0.600. The lowest BCUT2D eigenvalue weighted by Gasteiger charge is -2.34. The zero-order chi connectivity index (χ0) is 63.0. The number of halogens is 2. The number of nitrogens with zero attached hydrogens (tertiary/aromatic N) is 8. The van der Waals surface area contributed by atoms with E-state index in [9.17, 15) is 72.8 Å². The third kappa shape index (κ3) is 23.3. The molecule has 3 aromatic rings. The normalized spacial score (nSPS) is 18.7. The van der Waals surface area contributed by atoms with E-state index >= 15 is 0 Å². The minimum Gasteiger partial charge on any atom is -0.494 e. The number of fused-ring (bicyclic) bond motifs is 1. The number of carboxylic acids is 3. The number of benzene rings is 2. The molecular formula is C60H84F2N12O13. The van der Waals surface area contributed by atoms with Crippen LogP contribution in [0.4, 0.5) is 8.78 Å². The third-order valence-corrected chi connectivity index (χ3v) is 15.9. The number of rotatable bonds is 29. The highest BCUT2D eigenvalue weighted by atomic mass is 19.3. The lowest BCUT2D eigenvalue weighted by molar-refractivity contribution is -0.140. The molecule has 87 heavy (non-hydrogen) atoms. The molecule has 5 amide bonds. The van der Waals surface area contributed by atoms with Gasteiger partial charge < -0.3 is 50.9 Å². The minimum absolute atomic E-state index is 0.141. The van der Waals surface area contributed by atoms with Crippen LogP contribution in [0.15, 0.2) is 54.7 Å². The summed E-state index contributed by atoms with van der Waals surface area (Å²) in [6, 6.07) is 13.1. The van der Waals surface area contributed by atoms with Gasteiger partial charge in [-0.25, -0.2) is 8.78 Å². The summed E-state index contributed by atoms with van der Waals surface area (Å²) < 4.78 is 33.9. The summed E-state index contributed by atoms with van der Waals surface area (Å²) in [4.78, 5) is 117. The quantitative estimate of drug-likeness (QED) is 0.0362. The van der Waals surface area contributed by atoms with E-state index in [0.29, 0.717) is 75.0 Å². The number of pyridine rings is 1. The van der Waals surface area contributed by atoms with E-state index < -0.39 is 91.3 Å². The molecule has 3 saturated heterocycles. The van der Waals surface area contributed by atoms with Gasteiger partial charge in [0.05, 0.1) is 63.0 Å². The summed E-state index contributed by atoms with van der Waals surface area (Å²) in [5.74, 6) is -8.53. The minimum atomic E-state index is -3.19. The van der Waals surface area contributed by atoms with Crippen LogP contribution in [0.5, 0.6) is 5.75 Å². The van der Waals surface area contributed by atoms with Crippen molar-refractivity contribution in [1.82, 2.24) is 55.7 Å². The van der Waals surface area contributed by atoms with Crippen molar-refractivity contribution in [3.63, 3.8) is 0 Å². The SMILES string of the molecule is Cc1ccc(CCCC(O)NCCC[C@H](NC(=O)CN2CCN(CC(=O)O)CCN(CC(=O)O)CCN(CC(=O)O)CC2)C(=O)N[C@@H](C)C(=O)N2CCC(CCCOc3ccc4nccc(C(=O)NCC(=O)N5CC(F)(F)C[C@@H]5C#N)c4c3)CC2)cc1. The number of carbonyl (C=O) groups excluding carboxylic acids is 5. The third-order valence-electron chi connectivity index (χ3n) is 15.9. The van der Waals surface area contributed by atoms with Gasteiger partial charge in [-0.05, 0) is 114 Å². The number of aryl methyl sites for hydroxylation is 2. The van der Waals surface area contributed by atoms with Gasteiger partial charge in [0.2, 0.25) is 23.6 Å². The molecule has 2 aromatic carbocycles. The molecule has 3 aliphatic rings. The van der Waals surface area contributed by atoms with Crippen LogP contribution in [0.2, 0.25) is 0 Å². The Morgan fingerprint density at radius 3 is 1.95 bits per heavy atom. The van der Waals surface area contributed by atoms with Crippen LogP contribution in [0.3, 0.4) is 0 Å². The van der Waals surface area contributed by atoms with Crippen LogP contribution in [-0.2, 0) is 40.0 Å². The molecule has 3 fully saturated rings. The van der Waals surface area contributed by atoms with Gasteiger partial charge in [-0.3, -0.25) is 68.3 Å². The lowest BCUT2D eigenvalue weighted by Crippen LogP contribution is -2.55. The number of aromatic nitrogens is 1. The van der Waals surface area contributed by atoms with Crippen molar-refractivity contribution in [1.29, 1.82) is 5.26 Å². The van der Waals surface area contributed by atoms with E-state index in [4.69, 9.17) is 4.74 Å². The Morgan fingerprint density at radius 2 is 1.37 bits per heavy atom. The number of piperidine rings is 1. The molecule has 0 aliphatic carbocycles. The van der Waals surface area contributed by atoms with Crippen LogP contribution in [0.25, 0.3) is 10.9 Å². The Bertz CT molecular complexity index is 2820. The molecule has 6 rings (SSSR count). The Labute approximate surface area is 505 Å². The maximum Gasteiger partial charge on any atom is 0.317 e. The average molecular weight is 1220 g/mol. The van der Waals surface area contributed by atoms with E-state index in [2.05, 4.69) is 38.4 Å². The number of aliphatic carboxylic acids is 3. The number of amides is 5. The first-order chi connectivity index (χ1) is 41.5. The molecule has 0 saturated carbocycles. The second kappa shape index (κ2) is 34.2. The summed E-state index contributed by atoms with van der Waals surface area (Å²) in [7, 11) is 0. The Morgan fingerprint density at radius 1 is 0.770 bits per heavy atom. The summed E-state index contributed by atoms with van der Waals surface area (Å²) >= 11 is 0. The van der Waals surface area contributed by atoms with Crippen LogP contribution in [0.1, 0.15) is 86.2 Å². The van der Waals surface area contributed by atoms with Gasteiger partial charge >= 0.3 is 17.9 Å². The van der Waals surface area contributed by atoms with E-state index in [1.165, 1.54) is 12.3 Å². The molecular weight excluding hydrogens is 1130 g/mol. The van der Waals surface area contributed by atoms with Gasteiger partial charge in [0, 0.05) is 83.5 Å². The van der Waals surface area contributed by atoms with Crippen molar-refractivity contribution < 1.29 is 72.3 Å². The number of hydrogen-bond donors (Lipinski definition) is 8. The zero-order valence-corrected chi connectivity index (χ0v) is 49.7. The van der Waals surface area contributed by atoms with E-state index in [-0.39, 0.29) is 102 Å². The Balaban J connectivity index is 1.00.